The summed E-state index contributed by atoms with van der Waals surface area (Å²) < 4.78 is 14.7. The van der Waals surface area contributed by atoms with Crippen LogP contribution in [0.4, 0.5) is 10.1 Å². The number of rotatable bonds is 8. The van der Waals surface area contributed by atoms with E-state index in [1.165, 1.54) is 17.0 Å². The van der Waals surface area contributed by atoms with Crippen LogP contribution < -0.4 is 16.4 Å². The first-order chi connectivity index (χ1) is 17.7. The lowest BCUT2D eigenvalue weighted by molar-refractivity contribution is 0.0923. The number of imidazole rings is 1. The number of carbonyl (C=O) groups is 3. The molecule has 1 aromatic heterocycles. The van der Waals surface area contributed by atoms with Gasteiger partial charge >= 0.3 is 0 Å². The zero-order chi connectivity index (χ0) is 26.5. The fourth-order valence-electron chi connectivity index (χ4n) is 4.22. The number of benzene rings is 2. The van der Waals surface area contributed by atoms with E-state index in [-0.39, 0.29) is 22.0 Å². The number of nitrogens with two attached hydrogens (primary N) is 1. The summed E-state index contributed by atoms with van der Waals surface area (Å²) in [6.07, 6.45) is 3.65. The van der Waals surface area contributed by atoms with Gasteiger partial charge < -0.3 is 21.3 Å². The second-order valence-corrected chi connectivity index (χ2v) is 9.49. The molecule has 0 aliphatic carbocycles. The quantitative estimate of drug-likeness (QED) is 0.415. The third kappa shape index (κ3) is 6.33. The Morgan fingerprint density at radius 2 is 1.81 bits per heavy atom. The Kier molecular flexibility index (Phi) is 8.20. The zero-order valence-corrected chi connectivity index (χ0v) is 21.1. The van der Waals surface area contributed by atoms with Gasteiger partial charge in [0.15, 0.2) is 5.69 Å². The number of amides is 3. The van der Waals surface area contributed by atoms with E-state index in [1.54, 1.807) is 24.3 Å². The van der Waals surface area contributed by atoms with Crippen LogP contribution in [0, 0.1) is 11.7 Å². The molecule has 2 aromatic carbocycles. The van der Waals surface area contributed by atoms with Crippen LogP contribution in [0.25, 0.3) is 5.69 Å². The average molecular weight is 527 g/mol. The maximum atomic E-state index is 13.3. The van der Waals surface area contributed by atoms with Crippen LogP contribution in [0.15, 0.2) is 48.8 Å². The van der Waals surface area contributed by atoms with Crippen molar-refractivity contribution in [3.63, 3.8) is 0 Å². The van der Waals surface area contributed by atoms with Crippen LogP contribution in [0.1, 0.15) is 51.1 Å². The number of piperidine rings is 1. The van der Waals surface area contributed by atoms with Gasteiger partial charge in [-0.05, 0) is 74.3 Å². The fourth-order valence-corrected chi connectivity index (χ4v) is 4.47. The number of aromatic nitrogens is 2. The smallest absolute Gasteiger partial charge is 0.272 e. The molecule has 194 valence electrons. The minimum atomic E-state index is -0.795. The molecule has 1 aliphatic rings. The van der Waals surface area contributed by atoms with Gasteiger partial charge in [0.25, 0.3) is 17.7 Å². The van der Waals surface area contributed by atoms with Gasteiger partial charge in [-0.25, -0.2) is 9.37 Å². The fraction of sp³-hybridized carbons (Fsp3) is 0.308. The van der Waals surface area contributed by atoms with Crippen LogP contribution in [0.2, 0.25) is 5.02 Å². The second-order valence-electron chi connectivity index (χ2n) is 9.08. The molecule has 1 aliphatic heterocycles. The van der Waals surface area contributed by atoms with Crippen molar-refractivity contribution in [2.75, 3.05) is 31.5 Å². The molecular formula is C26H28ClFN6O3. The van der Waals surface area contributed by atoms with E-state index in [1.807, 2.05) is 0 Å². The number of primary amides is 1. The van der Waals surface area contributed by atoms with Crippen molar-refractivity contribution >= 4 is 35.0 Å². The van der Waals surface area contributed by atoms with Gasteiger partial charge in [0, 0.05) is 24.5 Å². The molecule has 9 nitrogen and oxygen atoms in total. The number of carbonyl (C=O) groups excluding carboxylic acids is 3. The topological polar surface area (TPSA) is 122 Å². The molecule has 4 rings (SSSR count). The monoisotopic (exact) mass is 526 g/mol. The predicted molar refractivity (Wildman–Crippen MR) is 139 cm³/mol. The molecule has 1 saturated heterocycles. The molecule has 3 amide bonds. The van der Waals surface area contributed by atoms with Crippen LogP contribution >= 0.6 is 11.6 Å². The Morgan fingerprint density at radius 1 is 1.11 bits per heavy atom. The molecule has 0 saturated carbocycles. The molecule has 1 fully saturated rings. The van der Waals surface area contributed by atoms with Gasteiger partial charge in [-0.2, -0.15) is 0 Å². The normalized spacial score (nSPS) is 14.4. The Morgan fingerprint density at radius 3 is 2.46 bits per heavy atom. The molecule has 2 heterocycles. The van der Waals surface area contributed by atoms with Crippen LogP contribution in [-0.2, 0) is 0 Å². The van der Waals surface area contributed by atoms with Gasteiger partial charge in [0.05, 0.1) is 10.6 Å². The molecule has 3 aromatic rings. The van der Waals surface area contributed by atoms with Crippen molar-refractivity contribution in [1.82, 2.24) is 19.8 Å². The molecule has 0 bridgehead atoms. The van der Waals surface area contributed by atoms with E-state index in [0.29, 0.717) is 17.9 Å². The van der Waals surface area contributed by atoms with Gasteiger partial charge in [0.2, 0.25) is 0 Å². The second kappa shape index (κ2) is 11.5. The summed E-state index contributed by atoms with van der Waals surface area (Å²) in [5, 5.41) is 5.50. The Balaban J connectivity index is 1.43. The number of hydrogen-bond donors (Lipinski definition) is 3. The van der Waals surface area contributed by atoms with Crippen molar-refractivity contribution in [3.05, 3.63) is 76.6 Å². The Hall–Kier alpha value is -3.76. The van der Waals surface area contributed by atoms with Crippen molar-refractivity contribution in [1.29, 1.82) is 0 Å². The van der Waals surface area contributed by atoms with Crippen LogP contribution in [0.3, 0.4) is 0 Å². The largest absolute Gasteiger partial charge is 0.364 e. The molecule has 37 heavy (non-hydrogen) atoms. The number of likely N-dealkylation sites (tertiary alicyclic amines) is 1. The lowest BCUT2D eigenvalue weighted by Gasteiger charge is -2.30. The molecule has 0 radical (unpaired) electrons. The van der Waals surface area contributed by atoms with E-state index in [0.717, 1.165) is 50.5 Å². The average Bonchev–Trinajstić information content (AvgIpc) is 3.31. The highest BCUT2D eigenvalue weighted by atomic mass is 35.5. The summed E-state index contributed by atoms with van der Waals surface area (Å²) in [5.41, 5.74) is 6.59. The van der Waals surface area contributed by atoms with Crippen molar-refractivity contribution in [3.8, 4) is 5.69 Å². The molecule has 0 spiro atoms. The molecule has 4 N–H and O–H groups in total. The summed E-state index contributed by atoms with van der Waals surface area (Å²) in [5.74, 6) is -1.59. The summed E-state index contributed by atoms with van der Waals surface area (Å²) in [6.45, 7) is 5.41. The maximum absolute atomic E-state index is 13.3. The van der Waals surface area contributed by atoms with E-state index < -0.39 is 23.5 Å². The number of nitrogens with one attached hydrogen (secondary N) is 2. The third-order valence-corrected chi connectivity index (χ3v) is 6.70. The first-order valence-electron chi connectivity index (χ1n) is 12.0. The highest BCUT2D eigenvalue weighted by molar-refractivity contribution is 6.34. The van der Waals surface area contributed by atoms with Crippen LogP contribution in [0.5, 0.6) is 0 Å². The Bertz CT molecular complexity index is 1300. The summed E-state index contributed by atoms with van der Waals surface area (Å²) in [7, 11) is 0. The molecule has 0 unspecified atom stereocenters. The van der Waals surface area contributed by atoms with E-state index in [4.69, 9.17) is 17.3 Å². The number of nitrogens with zero attached hydrogens (tertiary/aromatic N) is 3. The summed E-state index contributed by atoms with van der Waals surface area (Å²) in [6, 6.07) is 9.99. The molecular weight excluding hydrogens is 499 g/mol. The van der Waals surface area contributed by atoms with E-state index >= 15 is 0 Å². The third-order valence-electron chi connectivity index (χ3n) is 6.38. The summed E-state index contributed by atoms with van der Waals surface area (Å²) in [4.78, 5) is 43.9. The number of halogens is 2. The van der Waals surface area contributed by atoms with Crippen molar-refractivity contribution in [2.24, 2.45) is 11.7 Å². The van der Waals surface area contributed by atoms with Gasteiger partial charge in [-0.15, -0.1) is 0 Å². The van der Waals surface area contributed by atoms with E-state index in [2.05, 4.69) is 27.4 Å². The standard InChI is InChI=1S/C26H28ClFN6O3/c1-16-8-11-33(12-9-16)13-10-30-26(37)22-23(24(29)35)34(15-31-22)19-5-3-18(4-6-19)32-25(36)20-7-2-17(28)14-21(20)27/h2-7,14-16H,8-13H2,1H3,(H2,29,35)(H,30,37)(H,32,36). The number of hydrogen-bond acceptors (Lipinski definition) is 5. The lowest BCUT2D eigenvalue weighted by atomic mass is 9.99. The number of anilines is 1. The maximum Gasteiger partial charge on any atom is 0.272 e. The summed E-state index contributed by atoms with van der Waals surface area (Å²) >= 11 is 5.96. The van der Waals surface area contributed by atoms with Crippen molar-refractivity contribution in [2.45, 2.75) is 19.8 Å². The van der Waals surface area contributed by atoms with E-state index in [9.17, 15) is 18.8 Å². The van der Waals surface area contributed by atoms with Gasteiger partial charge in [0.1, 0.15) is 17.8 Å². The molecule has 11 heteroatoms. The van der Waals surface area contributed by atoms with Crippen molar-refractivity contribution < 1.29 is 18.8 Å². The highest BCUT2D eigenvalue weighted by Crippen LogP contribution is 2.21. The minimum Gasteiger partial charge on any atom is -0.364 e. The SMILES string of the molecule is CC1CCN(CCNC(=O)c2ncn(-c3ccc(NC(=O)c4ccc(F)cc4Cl)cc3)c2C(N)=O)CC1. The van der Waals surface area contributed by atoms with Crippen LogP contribution in [-0.4, -0.2) is 58.4 Å². The van der Waals surface area contributed by atoms with Gasteiger partial charge in [-0.3, -0.25) is 19.0 Å². The zero-order valence-electron chi connectivity index (χ0n) is 20.3. The first-order valence-corrected chi connectivity index (χ1v) is 12.3. The highest BCUT2D eigenvalue weighted by Gasteiger charge is 2.23. The lowest BCUT2D eigenvalue weighted by Crippen LogP contribution is -2.39. The van der Waals surface area contributed by atoms with Gasteiger partial charge in [-0.1, -0.05) is 18.5 Å². The Labute approximate surface area is 218 Å². The molecule has 0 atom stereocenters. The predicted octanol–water partition coefficient (Wildman–Crippen LogP) is 3.48. The first kappa shape index (κ1) is 26.3. The minimum absolute atomic E-state index is 0.00466.